The van der Waals surface area contributed by atoms with Crippen molar-refractivity contribution in [3.63, 3.8) is 0 Å². The van der Waals surface area contributed by atoms with Gasteiger partial charge in [0.25, 0.3) is 0 Å². The normalized spacial score (nSPS) is 27.6. The van der Waals surface area contributed by atoms with Gasteiger partial charge in [0.15, 0.2) is 0 Å². The van der Waals surface area contributed by atoms with Crippen LogP contribution >= 0.6 is 0 Å². The lowest BCUT2D eigenvalue weighted by Gasteiger charge is -2.13. The highest BCUT2D eigenvalue weighted by Gasteiger charge is 2.35. The average molecular weight is 201 g/mol. The first-order valence-electron chi connectivity index (χ1n) is 5.76. The average Bonchev–Trinajstić information content (AvgIpc) is 2.88. The van der Waals surface area contributed by atoms with Gasteiger partial charge in [-0.05, 0) is 12.3 Å². The maximum Gasteiger partial charge on any atom is 0.135 e. The van der Waals surface area contributed by atoms with Crippen molar-refractivity contribution >= 4 is 0 Å². The van der Waals surface area contributed by atoms with E-state index in [1.807, 2.05) is 0 Å². The Kier molecular flexibility index (Phi) is 5.45. The molecule has 0 bridgehead atoms. The SMILES string of the molecule is CCCCC(CC)COCC1OC1N. The number of nitrogens with two attached hydrogens (primary N) is 1. The predicted molar refractivity (Wildman–Crippen MR) is 57.0 cm³/mol. The van der Waals surface area contributed by atoms with Gasteiger partial charge in [0.1, 0.15) is 12.3 Å². The molecule has 84 valence electrons. The molecule has 1 heterocycles. The van der Waals surface area contributed by atoms with Crippen molar-refractivity contribution in [3.8, 4) is 0 Å². The third-order valence-corrected chi connectivity index (χ3v) is 2.80. The summed E-state index contributed by atoms with van der Waals surface area (Å²) >= 11 is 0. The first-order valence-corrected chi connectivity index (χ1v) is 5.76. The molecule has 0 amide bonds. The molecule has 3 unspecified atom stereocenters. The van der Waals surface area contributed by atoms with Crippen molar-refractivity contribution in [2.75, 3.05) is 13.2 Å². The monoisotopic (exact) mass is 201 g/mol. The molecule has 0 saturated carbocycles. The van der Waals surface area contributed by atoms with Crippen LogP contribution in [0, 0.1) is 5.92 Å². The van der Waals surface area contributed by atoms with Crippen LogP contribution in [-0.2, 0) is 9.47 Å². The van der Waals surface area contributed by atoms with Crippen LogP contribution < -0.4 is 5.73 Å². The fraction of sp³-hybridized carbons (Fsp3) is 1.00. The minimum atomic E-state index is -0.0641. The van der Waals surface area contributed by atoms with Crippen LogP contribution in [0.1, 0.15) is 39.5 Å². The molecule has 1 saturated heterocycles. The van der Waals surface area contributed by atoms with Crippen LogP contribution in [0.25, 0.3) is 0 Å². The Bertz CT molecular complexity index is 152. The number of unbranched alkanes of at least 4 members (excludes halogenated alkanes) is 1. The summed E-state index contributed by atoms with van der Waals surface area (Å²) in [7, 11) is 0. The second-order valence-corrected chi connectivity index (χ2v) is 4.09. The molecule has 3 atom stereocenters. The van der Waals surface area contributed by atoms with Crippen LogP contribution in [0.2, 0.25) is 0 Å². The summed E-state index contributed by atoms with van der Waals surface area (Å²) in [4.78, 5) is 0. The zero-order valence-electron chi connectivity index (χ0n) is 9.37. The van der Waals surface area contributed by atoms with E-state index >= 15 is 0 Å². The lowest BCUT2D eigenvalue weighted by atomic mass is 10.0. The Morgan fingerprint density at radius 3 is 2.64 bits per heavy atom. The third-order valence-electron chi connectivity index (χ3n) is 2.80. The van der Waals surface area contributed by atoms with Gasteiger partial charge in [0.2, 0.25) is 0 Å². The smallest absolute Gasteiger partial charge is 0.135 e. The van der Waals surface area contributed by atoms with Crippen molar-refractivity contribution in [1.29, 1.82) is 0 Å². The molecule has 0 aromatic carbocycles. The van der Waals surface area contributed by atoms with Crippen molar-refractivity contribution in [3.05, 3.63) is 0 Å². The van der Waals surface area contributed by atoms with Crippen molar-refractivity contribution in [1.82, 2.24) is 0 Å². The number of hydrogen-bond acceptors (Lipinski definition) is 3. The summed E-state index contributed by atoms with van der Waals surface area (Å²) in [6, 6.07) is 0. The Labute approximate surface area is 86.9 Å². The molecule has 1 rings (SSSR count). The summed E-state index contributed by atoms with van der Waals surface area (Å²) in [5, 5.41) is 0. The molecular formula is C11H23NO2. The van der Waals surface area contributed by atoms with Gasteiger partial charge in [-0.1, -0.05) is 33.1 Å². The van der Waals surface area contributed by atoms with Gasteiger partial charge in [-0.25, -0.2) is 0 Å². The standard InChI is InChI=1S/C11H23NO2/c1-3-5-6-9(4-2)7-13-8-10-11(12)14-10/h9-11H,3-8,12H2,1-2H3. The van der Waals surface area contributed by atoms with Crippen LogP contribution in [0.15, 0.2) is 0 Å². The van der Waals surface area contributed by atoms with Crippen molar-refractivity contribution in [2.24, 2.45) is 11.7 Å². The molecule has 0 aromatic heterocycles. The second-order valence-electron chi connectivity index (χ2n) is 4.09. The van der Waals surface area contributed by atoms with E-state index in [2.05, 4.69) is 13.8 Å². The van der Waals surface area contributed by atoms with Crippen LogP contribution in [0.5, 0.6) is 0 Å². The quantitative estimate of drug-likeness (QED) is 0.610. The Morgan fingerprint density at radius 1 is 1.43 bits per heavy atom. The maximum absolute atomic E-state index is 5.57. The fourth-order valence-electron chi connectivity index (χ4n) is 1.54. The molecule has 14 heavy (non-hydrogen) atoms. The van der Waals surface area contributed by atoms with E-state index in [0.29, 0.717) is 12.5 Å². The third kappa shape index (κ3) is 4.40. The highest BCUT2D eigenvalue weighted by molar-refractivity contribution is 4.78. The van der Waals surface area contributed by atoms with E-state index in [0.717, 1.165) is 6.61 Å². The first-order chi connectivity index (χ1) is 6.77. The maximum atomic E-state index is 5.57. The Morgan fingerprint density at radius 2 is 2.14 bits per heavy atom. The molecule has 0 aromatic rings. The minimum absolute atomic E-state index is 0.0641. The summed E-state index contributed by atoms with van der Waals surface area (Å²) in [5.41, 5.74) is 5.49. The molecule has 0 spiro atoms. The molecule has 3 heteroatoms. The molecule has 0 radical (unpaired) electrons. The van der Waals surface area contributed by atoms with Crippen molar-refractivity contribution < 1.29 is 9.47 Å². The molecule has 1 aliphatic heterocycles. The zero-order valence-corrected chi connectivity index (χ0v) is 9.37. The molecule has 0 aliphatic carbocycles. The van der Waals surface area contributed by atoms with Gasteiger partial charge in [-0.3, -0.25) is 0 Å². The summed E-state index contributed by atoms with van der Waals surface area (Å²) in [6.07, 6.45) is 5.17. The largest absolute Gasteiger partial charge is 0.378 e. The van der Waals surface area contributed by atoms with E-state index in [-0.39, 0.29) is 12.3 Å². The van der Waals surface area contributed by atoms with Crippen LogP contribution in [0.4, 0.5) is 0 Å². The first kappa shape index (κ1) is 12.0. The van der Waals surface area contributed by atoms with Gasteiger partial charge in [-0.15, -0.1) is 0 Å². The molecule has 1 aliphatic rings. The number of ether oxygens (including phenoxy) is 2. The molecular weight excluding hydrogens is 178 g/mol. The van der Waals surface area contributed by atoms with Gasteiger partial charge in [-0.2, -0.15) is 0 Å². The van der Waals surface area contributed by atoms with Gasteiger partial charge >= 0.3 is 0 Å². The topological polar surface area (TPSA) is 47.8 Å². The highest BCUT2D eigenvalue weighted by Crippen LogP contribution is 2.18. The van der Waals surface area contributed by atoms with Gasteiger partial charge in [0.05, 0.1) is 6.61 Å². The summed E-state index contributed by atoms with van der Waals surface area (Å²) < 4.78 is 10.6. The Hall–Kier alpha value is -0.120. The molecule has 3 nitrogen and oxygen atoms in total. The molecule has 2 N–H and O–H groups in total. The fourth-order valence-corrected chi connectivity index (χ4v) is 1.54. The van der Waals surface area contributed by atoms with E-state index in [4.69, 9.17) is 15.2 Å². The van der Waals surface area contributed by atoms with E-state index < -0.39 is 0 Å². The Balaban J connectivity index is 1.96. The minimum Gasteiger partial charge on any atom is -0.378 e. The predicted octanol–water partition coefficient (Wildman–Crippen LogP) is 1.90. The summed E-state index contributed by atoms with van der Waals surface area (Å²) in [5.74, 6) is 0.713. The van der Waals surface area contributed by atoms with E-state index in [1.54, 1.807) is 0 Å². The van der Waals surface area contributed by atoms with Crippen LogP contribution in [-0.4, -0.2) is 25.5 Å². The van der Waals surface area contributed by atoms with E-state index in [1.165, 1.54) is 25.7 Å². The lowest BCUT2D eigenvalue weighted by Crippen LogP contribution is -2.15. The zero-order chi connectivity index (χ0) is 10.4. The van der Waals surface area contributed by atoms with Crippen molar-refractivity contribution in [2.45, 2.75) is 51.9 Å². The lowest BCUT2D eigenvalue weighted by molar-refractivity contribution is 0.0813. The highest BCUT2D eigenvalue weighted by atomic mass is 16.6. The number of epoxide rings is 1. The van der Waals surface area contributed by atoms with Gasteiger partial charge < -0.3 is 15.2 Å². The number of rotatable bonds is 8. The van der Waals surface area contributed by atoms with E-state index in [9.17, 15) is 0 Å². The summed E-state index contributed by atoms with van der Waals surface area (Å²) in [6.45, 7) is 5.99. The number of hydrogen-bond donors (Lipinski definition) is 1. The van der Waals surface area contributed by atoms with Gasteiger partial charge in [0, 0.05) is 6.61 Å². The van der Waals surface area contributed by atoms with Crippen LogP contribution in [0.3, 0.4) is 0 Å². The molecule has 1 fully saturated rings. The second kappa shape index (κ2) is 6.38.